The van der Waals surface area contributed by atoms with Crippen LogP contribution in [0, 0.1) is 0 Å². The van der Waals surface area contributed by atoms with Gasteiger partial charge in [0, 0.05) is 38.9 Å². The summed E-state index contributed by atoms with van der Waals surface area (Å²) < 4.78 is 59.2. The first-order valence-corrected chi connectivity index (χ1v) is 28.3. The molecule has 0 aromatic heterocycles. The van der Waals surface area contributed by atoms with Crippen molar-refractivity contribution in [2.45, 2.75) is 103 Å². The van der Waals surface area contributed by atoms with E-state index in [1.807, 2.05) is 20.8 Å². The maximum absolute atomic E-state index is 13.1. The first-order valence-electron chi connectivity index (χ1n) is 28.3. The molecule has 0 aliphatic carbocycles. The Labute approximate surface area is 496 Å². The Hall–Kier alpha value is -7.44. The molecule has 2 aromatic rings. The summed E-state index contributed by atoms with van der Waals surface area (Å²) in [6, 6.07) is 6.77. The van der Waals surface area contributed by atoms with Crippen molar-refractivity contribution in [3.05, 3.63) is 58.7 Å². The largest absolute Gasteiger partial charge is 0.485 e. The zero-order valence-corrected chi connectivity index (χ0v) is 48.6. The molecule has 2 saturated heterocycles. The van der Waals surface area contributed by atoms with Crippen LogP contribution in [0.4, 0.5) is 0 Å². The second kappa shape index (κ2) is 36.5. The number of aliphatic carboxylic acids is 1. The second-order valence-electron chi connectivity index (χ2n) is 20.5. The van der Waals surface area contributed by atoms with Crippen LogP contribution in [-0.2, 0) is 81.0 Å². The van der Waals surface area contributed by atoms with E-state index in [9.17, 15) is 57.5 Å². The van der Waals surface area contributed by atoms with E-state index in [1.165, 1.54) is 36.4 Å². The first-order chi connectivity index (χ1) is 41.3. The molecule has 0 saturated carbocycles. The van der Waals surface area contributed by atoms with Gasteiger partial charge in [0.15, 0.2) is 11.6 Å². The number of rotatable bonds is 40. The average molecular weight is 1210 g/mol. The summed E-state index contributed by atoms with van der Waals surface area (Å²) in [4.78, 5) is 148. The third-order valence-electron chi connectivity index (χ3n) is 12.7. The van der Waals surface area contributed by atoms with Crippen LogP contribution in [0.25, 0.3) is 0 Å². The van der Waals surface area contributed by atoms with Crippen LogP contribution in [0.15, 0.2) is 36.4 Å². The molecule has 4 aliphatic heterocycles. The Balaban J connectivity index is 0.000000315. The zero-order chi connectivity index (χ0) is 62.4. The van der Waals surface area contributed by atoms with Gasteiger partial charge < -0.3 is 57.2 Å². The number of fused-ring (bicyclic) bond motifs is 2. The number of ketones is 2. The van der Waals surface area contributed by atoms with E-state index in [4.69, 9.17) is 57.2 Å². The van der Waals surface area contributed by atoms with Gasteiger partial charge in [-0.3, -0.25) is 78.0 Å². The fourth-order valence-corrected chi connectivity index (χ4v) is 8.64. The third-order valence-corrected chi connectivity index (χ3v) is 12.7. The topological polar surface area (TPSA) is 357 Å². The molecule has 0 bridgehead atoms. The summed E-state index contributed by atoms with van der Waals surface area (Å²) in [5.74, 6) is -6.49. The Bertz CT molecular complexity index is 2710. The van der Waals surface area contributed by atoms with Crippen LogP contribution in [-0.4, -0.2) is 222 Å². The standard InChI is InChI=1S/C31H42N2O12.C27H34N2O12/c1-31(2,3)45-26(36)11-13-41-15-17-43-19-18-42-16-14-40-12-5-6-21(34)20-44-24-8-4-7-22-27(24)30(39)33(29(22)38)23-9-10-25(35)32-28(23)37;30-18(3-2-9-37-11-13-39-15-16-40-14-12-38-10-8-23(32)33)17-41-21-5-1-4-19-24(21)27(36)29(26(19)35)20-6-7-22(31)28-25(20)34/h4,7-8,23H,5-6,9-20H2,1-3H3,(H,32,35,37);1,4-5,20H,2-3,6-17H2,(H,32,33)(H,28,31,34). The van der Waals surface area contributed by atoms with E-state index < -0.39 is 70.9 Å². The van der Waals surface area contributed by atoms with Crippen LogP contribution in [0.2, 0.25) is 0 Å². The molecule has 2 fully saturated rings. The van der Waals surface area contributed by atoms with Crippen LogP contribution in [0.1, 0.15) is 126 Å². The fraction of sp³-hybridized carbons (Fsp3) is 0.586. The van der Waals surface area contributed by atoms with E-state index in [2.05, 4.69) is 10.6 Å². The number of carboxylic acid groups (broad SMARTS) is 1. The van der Waals surface area contributed by atoms with Crippen molar-refractivity contribution in [3.63, 3.8) is 0 Å². The normalized spacial score (nSPS) is 16.5. The summed E-state index contributed by atoms with van der Waals surface area (Å²) in [5, 5.41) is 12.8. The summed E-state index contributed by atoms with van der Waals surface area (Å²) in [6.07, 6.45) is 1.58. The van der Waals surface area contributed by atoms with Gasteiger partial charge in [0.25, 0.3) is 23.6 Å². The minimum atomic E-state index is -1.09. The highest BCUT2D eigenvalue weighted by molar-refractivity contribution is 6.25. The van der Waals surface area contributed by atoms with Gasteiger partial charge in [0.1, 0.15) is 42.4 Å². The number of nitrogens with one attached hydrogen (secondary N) is 2. The minimum Gasteiger partial charge on any atom is -0.485 e. The van der Waals surface area contributed by atoms with Crippen LogP contribution >= 0.6 is 0 Å². The lowest BCUT2D eigenvalue weighted by molar-refractivity contribution is -0.156. The maximum atomic E-state index is 13.1. The van der Waals surface area contributed by atoms with E-state index in [0.717, 1.165) is 9.80 Å². The van der Waals surface area contributed by atoms with Crippen LogP contribution in [0.3, 0.4) is 0 Å². The number of carbonyl (C=O) groups excluding carboxylic acids is 11. The van der Waals surface area contributed by atoms with Gasteiger partial charge >= 0.3 is 11.9 Å². The smallest absolute Gasteiger partial charge is 0.308 e. The number of hydrogen-bond acceptors (Lipinski definition) is 23. The molecule has 28 nitrogen and oxygen atoms in total. The molecule has 2 unspecified atom stereocenters. The van der Waals surface area contributed by atoms with Gasteiger partial charge in [-0.25, -0.2) is 0 Å². The lowest BCUT2D eigenvalue weighted by Gasteiger charge is -2.27. The lowest BCUT2D eigenvalue weighted by atomic mass is 10.0. The van der Waals surface area contributed by atoms with Crippen molar-refractivity contribution in [3.8, 4) is 11.5 Å². The SMILES string of the molecule is CC(C)(C)OC(=O)CCOCCOCCOCCOCCCC(=O)COc1cccc2c1C(=O)N(C1CCC(=O)NC1=O)C2=O.O=C(O)CCOCCOCCOCCOCCCC(=O)COc1cccc2c1C(=O)N(C1CCC(=O)NC1=O)C2=O. The summed E-state index contributed by atoms with van der Waals surface area (Å²) >= 11 is 0. The summed E-state index contributed by atoms with van der Waals surface area (Å²) in [5.41, 5.74) is -0.356. The van der Waals surface area contributed by atoms with Gasteiger partial charge in [-0.1, -0.05) is 12.1 Å². The van der Waals surface area contributed by atoms with Crippen molar-refractivity contribution in [2.24, 2.45) is 0 Å². The highest BCUT2D eigenvalue weighted by Crippen LogP contribution is 2.35. The third kappa shape index (κ3) is 23.1. The molecule has 28 heteroatoms. The molecular formula is C58H76N4O24. The number of benzene rings is 2. The highest BCUT2D eigenvalue weighted by atomic mass is 16.6. The molecule has 4 heterocycles. The van der Waals surface area contributed by atoms with Gasteiger partial charge in [-0.05, 0) is 70.7 Å². The van der Waals surface area contributed by atoms with E-state index in [1.54, 1.807) is 0 Å². The van der Waals surface area contributed by atoms with Crippen molar-refractivity contribution < 1.29 is 115 Å². The van der Waals surface area contributed by atoms with Crippen LogP contribution < -0.4 is 20.1 Å². The predicted octanol–water partition coefficient (Wildman–Crippen LogP) is 1.97. The van der Waals surface area contributed by atoms with Crippen molar-refractivity contribution >= 4 is 70.8 Å². The van der Waals surface area contributed by atoms with Crippen molar-refractivity contribution in [2.75, 3.05) is 119 Å². The van der Waals surface area contributed by atoms with Crippen molar-refractivity contribution in [1.29, 1.82) is 0 Å². The lowest BCUT2D eigenvalue weighted by Crippen LogP contribution is -2.54. The number of amides is 8. The number of piperidine rings is 2. The molecule has 6 rings (SSSR count). The molecule has 2 aromatic carbocycles. The number of hydrogen-bond donors (Lipinski definition) is 3. The second-order valence-corrected chi connectivity index (χ2v) is 20.5. The summed E-state index contributed by atoms with van der Waals surface area (Å²) in [7, 11) is 0. The maximum Gasteiger partial charge on any atom is 0.308 e. The minimum absolute atomic E-state index is 0.00244. The van der Waals surface area contributed by atoms with Gasteiger partial charge in [0.05, 0.1) is 128 Å². The number of carbonyl (C=O) groups is 12. The number of ether oxygens (including phenoxy) is 11. The van der Waals surface area contributed by atoms with Gasteiger partial charge in [-0.15, -0.1) is 0 Å². The van der Waals surface area contributed by atoms with E-state index in [0.29, 0.717) is 105 Å². The molecule has 4 aliphatic rings. The monoisotopic (exact) mass is 1210 g/mol. The molecule has 2 atom stereocenters. The number of nitrogens with zero attached hydrogens (tertiary/aromatic N) is 2. The molecule has 472 valence electrons. The Kier molecular flexibility index (Phi) is 29.4. The Morgan fingerprint density at radius 2 is 0.826 bits per heavy atom. The zero-order valence-electron chi connectivity index (χ0n) is 48.6. The van der Waals surface area contributed by atoms with E-state index >= 15 is 0 Å². The molecule has 0 radical (unpaired) electrons. The number of esters is 1. The predicted molar refractivity (Wildman–Crippen MR) is 295 cm³/mol. The number of carboxylic acids is 1. The molecule has 3 N–H and O–H groups in total. The molecular weight excluding hydrogens is 1140 g/mol. The quantitative estimate of drug-likeness (QED) is 0.0488. The van der Waals surface area contributed by atoms with Crippen LogP contribution in [0.5, 0.6) is 11.5 Å². The number of Topliss-reactive ketones (excluding diaryl/α,β-unsaturated/α-hetero) is 2. The molecule has 86 heavy (non-hydrogen) atoms. The molecule has 0 spiro atoms. The first kappa shape index (κ1) is 69.3. The average Bonchev–Trinajstić information content (AvgIpc) is 1.80. The van der Waals surface area contributed by atoms with Gasteiger partial charge in [0.2, 0.25) is 23.6 Å². The Morgan fingerprint density at radius 1 is 0.477 bits per heavy atom. The molecule has 8 amide bonds. The summed E-state index contributed by atoms with van der Waals surface area (Å²) in [6.45, 7) is 10.3. The van der Waals surface area contributed by atoms with Crippen molar-refractivity contribution in [1.82, 2.24) is 20.4 Å². The highest BCUT2D eigenvalue weighted by Gasteiger charge is 2.47. The van der Waals surface area contributed by atoms with E-state index in [-0.39, 0.29) is 129 Å². The number of imide groups is 4. The van der Waals surface area contributed by atoms with Gasteiger partial charge in [-0.2, -0.15) is 0 Å². The fourth-order valence-electron chi connectivity index (χ4n) is 8.64. The Morgan fingerprint density at radius 3 is 1.17 bits per heavy atom.